The van der Waals surface area contributed by atoms with Gasteiger partial charge in [0.2, 0.25) is 0 Å². The minimum Gasteiger partial charge on any atom is -0.356 e. The maximum absolute atomic E-state index is 6.15. The van der Waals surface area contributed by atoms with E-state index >= 15 is 0 Å². The number of ether oxygens (including phenoxy) is 1. The Labute approximate surface area is 166 Å². The SMILES string of the molecule is CC.CC.Cc1ccc([C@H]2OCN3[C@H](CCc4ccccc4)CC[C@@H]23)cc1. The quantitative estimate of drug-likeness (QED) is 0.608. The van der Waals surface area contributed by atoms with Crippen molar-refractivity contribution in [3.05, 3.63) is 71.3 Å². The summed E-state index contributed by atoms with van der Waals surface area (Å²) in [5, 5.41) is 0. The van der Waals surface area contributed by atoms with Crippen LogP contribution >= 0.6 is 0 Å². The van der Waals surface area contributed by atoms with Crippen molar-refractivity contribution in [2.75, 3.05) is 6.73 Å². The highest BCUT2D eigenvalue weighted by Crippen LogP contribution is 2.41. The van der Waals surface area contributed by atoms with E-state index in [0.29, 0.717) is 12.1 Å². The molecule has 2 heteroatoms. The smallest absolute Gasteiger partial charge is 0.100 e. The Morgan fingerprint density at radius 3 is 2.22 bits per heavy atom. The minimum absolute atomic E-state index is 0.261. The van der Waals surface area contributed by atoms with E-state index < -0.39 is 0 Å². The molecule has 0 spiro atoms. The predicted octanol–water partition coefficient (Wildman–Crippen LogP) is 6.54. The number of hydrogen-bond acceptors (Lipinski definition) is 2. The maximum atomic E-state index is 6.15. The lowest BCUT2D eigenvalue weighted by Gasteiger charge is -2.23. The molecular formula is C25H37NO. The Balaban J connectivity index is 0.000000614. The fourth-order valence-corrected chi connectivity index (χ4v) is 4.13. The molecule has 0 aliphatic carbocycles. The van der Waals surface area contributed by atoms with Crippen molar-refractivity contribution in [2.45, 2.75) is 78.5 Å². The molecule has 0 amide bonds. The van der Waals surface area contributed by atoms with Crippen molar-refractivity contribution in [1.82, 2.24) is 4.90 Å². The van der Waals surface area contributed by atoms with Crippen molar-refractivity contribution < 1.29 is 4.74 Å². The van der Waals surface area contributed by atoms with Crippen molar-refractivity contribution in [1.29, 1.82) is 0 Å². The van der Waals surface area contributed by atoms with Crippen molar-refractivity contribution in [3.63, 3.8) is 0 Å². The van der Waals surface area contributed by atoms with Gasteiger partial charge in [-0.25, -0.2) is 0 Å². The second-order valence-electron chi connectivity index (χ2n) is 6.96. The molecule has 148 valence electrons. The zero-order chi connectivity index (χ0) is 19.6. The molecule has 27 heavy (non-hydrogen) atoms. The summed E-state index contributed by atoms with van der Waals surface area (Å²) in [4.78, 5) is 2.60. The van der Waals surface area contributed by atoms with Crippen LogP contribution in [-0.2, 0) is 11.2 Å². The van der Waals surface area contributed by atoms with Crippen LogP contribution < -0.4 is 0 Å². The molecule has 0 N–H and O–H groups in total. The zero-order valence-electron chi connectivity index (χ0n) is 17.8. The van der Waals surface area contributed by atoms with Gasteiger partial charge in [0.1, 0.15) is 6.73 Å². The van der Waals surface area contributed by atoms with E-state index in [4.69, 9.17) is 4.74 Å². The lowest BCUT2D eigenvalue weighted by molar-refractivity contribution is 0.0735. The molecule has 2 aliphatic rings. The molecule has 2 nitrogen and oxygen atoms in total. The van der Waals surface area contributed by atoms with E-state index in [1.165, 1.54) is 42.4 Å². The first kappa shape index (κ1) is 21.7. The average molecular weight is 368 g/mol. The normalized spacial score (nSPS) is 23.7. The van der Waals surface area contributed by atoms with E-state index in [0.717, 1.165) is 6.73 Å². The number of nitrogens with zero attached hydrogens (tertiary/aromatic N) is 1. The summed E-state index contributed by atoms with van der Waals surface area (Å²) in [5.74, 6) is 0. The van der Waals surface area contributed by atoms with Crippen LogP contribution in [0.15, 0.2) is 54.6 Å². The third-order valence-electron chi connectivity index (χ3n) is 5.46. The molecule has 2 saturated heterocycles. The average Bonchev–Trinajstić information content (AvgIpc) is 3.33. The van der Waals surface area contributed by atoms with Gasteiger partial charge >= 0.3 is 0 Å². The third-order valence-corrected chi connectivity index (χ3v) is 5.46. The lowest BCUT2D eigenvalue weighted by Crippen LogP contribution is -2.33. The molecule has 2 aliphatic heterocycles. The van der Waals surface area contributed by atoms with Gasteiger partial charge in [-0.3, -0.25) is 4.90 Å². The molecule has 2 aromatic carbocycles. The standard InChI is InChI=1S/C21H25NO.2C2H6/c1-16-7-10-18(11-8-16)21-20-14-13-19(22(20)15-23-21)12-9-17-5-3-2-4-6-17;2*1-2/h2-8,10-11,19-21H,9,12-15H2,1H3;2*1-2H3/t19-,20+,21-;;/m1../s1. The van der Waals surface area contributed by atoms with Gasteiger partial charge in [-0.05, 0) is 43.7 Å². The fourth-order valence-electron chi connectivity index (χ4n) is 4.13. The highest BCUT2D eigenvalue weighted by Gasteiger charge is 2.43. The van der Waals surface area contributed by atoms with Crippen LogP contribution in [0.4, 0.5) is 0 Å². The first-order chi connectivity index (χ1) is 13.3. The Hall–Kier alpha value is -1.64. The molecular weight excluding hydrogens is 330 g/mol. The van der Waals surface area contributed by atoms with Gasteiger partial charge in [-0.15, -0.1) is 0 Å². The summed E-state index contributed by atoms with van der Waals surface area (Å²) in [5.41, 5.74) is 4.11. The lowest BCUT2D eigenvalue weighted by atomic mass is 10.00. The molecule has 4 rings (SSSR count). The molecule has 0 saturated carbocycles. The topological polar surface area (TPSA) is 12.5 Å². The maximum Gasteiger partial charge on any atom is 0.100 e. The predicted molar refractivity (Wildman–Crippen MR) is 116 cm³/mol. The zero-order valence-corrected chi connectivity index (χ0v) is 17.8. The van der Waals surface area contributed by atoms with Crippen molar-refractivity contribution in [2.24, 2.45) is 0 Å². The van der Waals surface area contributed by atoms with E-state index in [9.17, 15) is 0 Å². The second kappa shape index (κ2) is 11.3. The van der Waals surface area contributed by atoms with Crippen LogP contribution in [0, 0.1) is 6.92 Å². The van der Waals surface area contributed by atoms with Crippen LogP contribution in [0.5, 0.6) is 0 Å². The summed E-state index contributed by atoms with van der Waals surface area (Å²) in [7, 11) is 0. The Kier molecular flexibility index (Phi) is 9.03. The molecule has 0 bridgehead atoms. The van der Waals surface area contributed by atoms with Crippen LogP contribution in [0.2, 0.25) is 0 Å². The number of aryl methyl sites for hydroxylation is 2. The first-order valence-corrected chi connectivity index (χ1v) is 10.8. The molecule has 3 atom stereocenters. The summed E-state index contributed by atoms with van der Waals surface area (Å²) in [6.45, 7) is 10.9. The highest BCUT2D eigenvalue weighted by molar-refractivity contribution is 5.25. The summed E-state index contributed by atoms with van der Waals surface area (Å²) in [6, 6.07) is 21.0. The number of rotatable bonds is 4. The Bertz CT molecular complexity index is 637. The van der Waals surface area contributed by atoms with E-state index in [-0.39, 0.29) is 6.10 Å². The van der Waals surface area contributed by atoms with Crippen LogP contribution in [-0.4, -0.2) is 23.7 Å². The van der Waals surface area contributed by atoms with E-state index in [1.54, 1.807) is 0 Å². The van der Waals surface area contributed by atoms with Crippen molar-refractivity contribution in [3.8, 4) is 0 Å². The molecule has 2 fully saturated rings. The van der Waals surface area contributed by atoms with Crippen LogP contribution in [0.1, 0.15) is 69.8 Å². The Morgan fingerprint density at radius 2 is 1.56 bits per heavy atom. The van der Waals surface area contributed by atoms with Crippen LogP contribution in [0.25, 0.3) is 0 Å². The third kappa shape index (κ3) is 5.43. The van der Waals surface area contributed by atoms with Gasteiger partial charge in [0.15, 0.2) is 0 Å². The molecule has 0 unspecified atom stereocenters. The van der Waals surface area contributed by atoms with Gasteiger partial charge in [-0.2, -0.15) is 0 Å². The van der Waals surface area contributed by atoms with Gasteiger partial charge in [0, 0.05) is 12.1 Å². The molecule has 2 heterocycles. The van der Waals surface area contributed by atoms with E-state index in [2.05, 4.69) is 66.4 Å². The number of fused-ring (bicyclic) bond motifs is 1. The second-order valence-corrected chi connectivity index (χ2v) is 6.96. The first-order valence-electron chi connectivity index (χ1n) is 10.8. The highest BCUT2D eigenvalue weighted by atomic mass is 16.5. The summed E-state index contributed by atoms with van der Waals surface area (Å²) >= 11 is 0. The van der Waals surface area contributed by atoms with Gasteiger partial charge in [0.25, 0.3) is 0 Å². The van der Waals surface area contributed by atoms with Gasteiger partial charge < -0.3 is 4.74 Å². The molecule has 0 aromatic heterocycles. The number of hydrogen-bond donors (Lipinski definition) is 0. The van der Waals surface area contributed by atoms with Crippen molar-refractivity contribution >= 4 is 0 Å². The monoisotopic (exact) mass is 367 g/mol. The number of benzene rings is 2. The minimum atomic E-state index is 0.261. The summed E-state index contributed by atoms with van der Waals surface area (Å²) < 4.78 is 6.15. The van der Waals surface area contributed by atoms with Gasteiger partial charge in [0.05, 0.1) is 6.10 Å². The van der Waals surface area contributed by atoms with Gasteiger partial charge in [-0.1, -0.05) is 87.9 Å². The summed E-state index contributed by atoms with van der Waals surface area (Å²) in [6.07, 6.45) is 5.24. The molecule has 2 aromatic rings. The van der Waals surface area contributed by atoms with E-state index in [1.807, 2.05) is 27.7 Å². The largest absolute Gasteiger partial charge is 0.356 e. The van der Waals surface area contributed by atoms with Crippen LogP contribution in [0.3, 0.4) is 0 Å². The molecule has 0 radical (unpaired) electrons. The fraction of sp³-hybridized carbons (Fsp3) is 0.520. The Morgan fingerprint density at radius 1 is 0.889 bits per heavy atom.